The first-order valence-corrected chi connectivity index (χ1v) is 6.75. The first kappa shape index (κ1) is 15.1. The van der Waals surface area contributed by atoms with Crippen molar-refractivity contribution in [2.75, 3.05) is 7.05 Å². The predicted octanol–water partition coefficient (Wildman–Crippen LogP) is 3.25. The molecule has 110 valence electrons. The molecular formula is C17H19NO3. The Morgan fingerprint density at radius 3 is 2.38 bits per heavy atom. The second-order valence-electron chi connectivity index (χ2n) is 5.09. The molecule has 3 rings (SSSR count). The maximum atomic E-state index is 10.3. The van der Waals surface area contributed by atoms with Crippen LogP contribution in [0.1, 0.15) is 28.4 Å². The maximum Gasteiger partial charge on any atom is 0.404 e. The fourth-order valence-electron chi connectivity index (χ4n) is 2.71. The predicted molar refractivity (Wildman–Crippen MR) is 82.5 cm³/mol. The summed E-state index contributed by atoms with van der Waals surface area (Å²) in [6, 6.07) is 12.4. The van der Waals surface area contributed by atoms with Gasteiger partial charge in [0.15, 0.2) is 0 Å². The molecule has 4 heteroatoms. The molecule has 1 aliphatic rings. The first-order valence-electron chi connectivity index (χ1n) is 6.75. The number of carboxylic acid groups (broad SMARTS) is 1. The number of rotatable bonds is 0. The molecule has 1 amide bonds. The lowest BCUT2D eigenvalue weighted by Crippen LogP contribution is -2.13. The van der Waals surface area contributed by atoms with Crippen LogP contribution in [0.3, 0.4) is 0 Å². The molecule has 4 nitrogen and oxygen atoms in total. The Hall–Kier alpha value is -2.33. The van der Waals surface area contributed by atoms with Crippen molar-refractivity contribution >= 4 is 6.09 Å². The van der Waals surface area contributed by atoms with Gasteiger partial charge < -0.3 is 15.5 Å². The third-order valence-electron chi connectivity index (χ3n) is 3.54. The van der Waals surface area contributed by atoms with Gasteiger partial charge in [-0.3, -0.25) is 0 Å². The highest BCUT2D eigenvalue weighted by Crippen LogP contribution is 2.45. The van der Waals surface area contributed by atoms with Crippen LogP contribution in [0, 0.1) is 13.8 Å². The van der Waals surface area contributed by atoms with E-state index in [1.165, 1.54) is 29.3 Å². The lowest BCUT2D eigenvalue weighted by molar-refractivity contribution is 0.197. The number of aliphatic hydroxyl groups is 1. The van der Waals surface area contributed by atoms with Gasteiger partial charge in [-0.2, -0.15) is 0 Å². The van der Waals surface area contributed by atoms with Gasteiger partial charge in [0.05, 0.1) is 0 Å². The number of hydrogen-bond donors (Lipinski definition) is 3. The topological polar surface area (TPSA) is 69.6 Å². The Balaban J connectivity index is 0.000000282. The van der Waals surface area contributed by atoms with E-state index in [2.05, 4.69) is 32.0 Å². The monoisotopic (exact) mass is 285 g/mol. The average Bonchev–Trinajstić information content (AvgIpc) is 2.73. The van der Waals surface area contributed by atoms with Crippen LogP contribution in [0.2, 0.25) is 0 Å². The fourth-order valence-corrected chi connectivity index (χ4v) is 2.71. The molecule has 0 heterocycles. The molecular weight excluding hydrogens is 266 g/mol. The zero-order valence-electron chi connectivity index (χ0n) is 12.3. The van der Waals surface area contributed by atoms with Crippen molar-refractivity contribution in [2.24, 2.45) is 0 Å². The summed E-state index contributed by atoms with van der Waals surface area (Å²) >= 11 is 0. The van der Waals surface area contributed by atoms with Gasteiger partial charge in [0.25, 0.3) is 0 Å². The second-order valence-corrected chi connectivity index (χ2v) is 5.09. The number of benzene rings is 2. The molecule has 0 saturated heterocycles. The Morgan fingerprint density at radius 2 is 1.76 bits per heavy atom. The Labute approximate surface area is 124 Å². The number of carbonyl (C=O) groups is 1. The molecule has 0 aromatic heterocycles. The molecule has 0 saturated carbocycles. The van der Waals surface area contributed by atoms with Crippen molar-refractivity contribution in [3.05, 3.63) is 58.7 Å². The number of aryl methyl sites for hydroxylation is 2. The van der Waals surface area contributed by atoms with Crippen LogP contribution >= 0.6 is 0 Å². The maximum absolute atomic E-state index is 10.3. The number of nitrogens with one attached hydrogen (secondary N) is 1. The average molecular weight is 285 g/mol. The van der Waals surface area contributed by atoms with Gasteiger partial charge in [0, 0.05) is 7.05 Å². The number of amides is 1. The lowest BCUT2D eigenvalue weighted by atomic mass is 9.98. The van der Waals surface area contributed by atoms with E-state index in [4.69, 9.17) is 5.11 Å². The van der Waals surface area contributed by atoms with Crippen molar-refractivity contribution in [1.82, 2.24) is 5.32 Å². The highest BCUT2D eigenvalue weighted by molar-refractivity contribution is 5.80. The molecule has 3 N–H and O–H groups in total. The van der Waals surface area contributed by atoms with E-state index in [1.54, 1.807) is 0 Å². The summed E-state index contributed by atoms with van der Waals surface area (Å²) in [4.78, 5) is 9.26. The molecule has 1 aliphatic carbocycles. The summed E-state index contributed by atoms with van der Waals surface area (Å²) < 4.78 is 0. The van der Waals surface area contributed by atoms with Crippen LogP contribution in [-0.2, 0) is 0 Å². The van der Waals surface area contributed by atoms with Crippen LogP contribution in [0.15, 0.2) is 36.4 Å². The van der Waals surface area contributed by atoms with E-state index in [9.17, 15) is 9.90 Å². The smallest absolute Gasteiger partial charge is 0.404 e. The van der Waals surface area contributed by atoms with Crippen LogP contribution in [-0.4, -0.2) is 23.4 Å². The van der Waals surface area contributed by atoms with Crippen LogP contribution < -0.4 is 5.32 Å². The lowest BCUT2D eigenvalue weighted by Gasteiger charge is -2.08. The number of aliphatic hydroxyl groups excluding tert-OH is 1. The Bertz CT molecular complexity index is 680. The highest BCUT2D eigenvalue weighted by atomic mass is 16.4. The van der Waals surface area contributed by atoms with E-state index >= 15 is 0 Å². The Morgan fingerprint density at radius 1 is 1.14 bits per heavy atom. The van der Waals surface area contributed by atoms with Crippen molar-refractivity contribution in [3.63, 3.8) is 0 Å². The van der Waals surface area contributed by atoms with Crippen molar-refractivity contribution in [3.8, 4) is 11.1 Å². The van der Waals surface area contributed by atoms with Gasteiger partial charge in [-0.1, -0.05) is 42.0 Å². The van der Waals surface area contributed by atoms with Crippen molar-refractivity contribution < 1.29 is 15.0 Å². The zero-order valence-corrected chi connectivity index (χ0v) is 12.3. The molecule has 0 aliphatic heterocycles. The molecule has 2 aromatic rings. The minimum atomic E-state index is -0.995. The van der Waals surface area contributed by atoms with E-state index < -0.39 is 12.2 Å². The zero-order chi connectivity index (χ0) is 15.6. The summed E-state index contributed by atoms with van der Waals surface area (Å²) in [5.41, 5.74) is 6.95. The van der Waals surface area contributed by atoms with Gasteiger partial charge in [0.2, 0.25) is 0 Å². The molecule has 0 bridgehead atoms. The van der Waals surface area contributed by atoms with Crippen LogP contribution in [0.4, 0.5) is 4.79 Å². The number of fused-ring (bicyclic) bond motifs is 3. The molecule has 2 aromatic carbocycles. The summed E-state index contributed by atoms with van der Waals surface area (Å²) in [6.07, 6.45) is -1.45. The van der Waals surface area contributed by atoms with E-state index in [1.807, 2.05) is 23.5 Å². The standard InChI is InChI=1S/C15H14O.C2H5NO2/c1-9-7-10(2)14-11-5-3-4-6-12(11)15(16)13(14)8-9;1-3-2(4)5/h3-8,15-16H,1-2H3;3H,1H3,(H,4,5). The van der Waals surface area contributed by atoms with E-state index in [0.717, 1.165) is 11.1 Å². The minimum Gasteiger partial charge on any atom is -0.465 e. The molecule has 21 heavy (non-hydrogen) atoms. The summed E-state index contributed by atoms with van der Waals surface area (Å²) in [5, 5.41) is 19.8. The third kappa shape index (κ3) is 2.90. The van der Waals surface area contributed by atoms with Gasteiger partial charge in [0.1, 0.15) is 6.10 Å². The quantitative estimate of drug-likeness (QED) is 0.696. The van der Waals surface area contributed by atoms with E-state index in [0.29, 0.717) is 0 Å². The Kier molecular flexibility index (Phi) is 4.29. The van der Waals surface area contributed by atoms with Gasteiger partial charge in [-0.15, -0.1) is 0 Å². The SMILES string of the molecule is CNC(=O)O.Cc1cc(C)c2c(c1)C(O)c1ccccc1-2. The minimum absolute atomic E-state index is 0.454. The fraction of sp³-hybridized carbons (Fsp3) is 0.235. The normalized spacial score (nSPS) is 14.6. The highest BCUT2D eigenvalue weighted by Gasteiger charge is 2.27. The summed E-state index contributed by atoms with van der Waals surface area (Å²) in [6.45, 7) is 4.18. The van der Waals surface area contributed by atoms with Crippen LogP contribution in [0.5, 0.6) is 0 Å². The van der Waals surface area contributed by atoms with Crippen molar-refractivity contribution in [1.29, 1.82) is 0 Å². The molecule has 0 spiro atoms. The van der Waals surface area contributed by atoms with Crippen molar-refractivity contribution in [2.45, 2.75) is 20.0 Å². The number of hydrogen-bond acceptors (Lipinski definition) is 2. The molecule has 0 fully saturated rings. The molecule has 1 atom stereocenters. The first-order chi connectivity index (χ1) is 9.95. The largest absolute Gasteiger partial charge is 0.465 e. The summed E-state index contributed by atoms with van der Waals surface area (Å²) in [7, 11) is 1.35. The van der Waals surface area contributed by atoms with Gasteiger partial charge >= 0.3 is 6.09 Å². The molecule has 0 radical (unpaired) electrons. The van der Waals surface area contributed by atoms with Crippen LogP contribution in [0.25, 0.3) is 11.1 Å². The molecule has 1 unspecified atom stereocenters. The summed E-state index contributed by atoms with van der Waals surface area (Å²) in [5.74, 6) is 0. The second kappa shape index (κ2) is 5.97. The van der Waals surface area contributed by atoms with E-state index in [-0.39, 0.29) is 0 Å². The van der Waals surface area contributed by atoms with Gasteiger partial charge in [-0.25, -0.2) is 4.79 Å². The van der Waals surface area contributed by atoms with Gasteiger partial charge in [-0.05, 0) is 41.7 Å². The third-order valence-corrected chi connectivity index (χ3v) is 3.54.